The highest BCUT2D eigenvalue weighted by atomic mass is 16.5. The van der Waals surface area contributed by atoms with Crippen molar-refractivity contribution in [2.24, 2.45) is 5.73 Å². The van der Waals surface area contributed by atoms with Crippen molar-refractivity contribution in [2.45, 2.75) is 180 Å². The summed E-state index contributed by atoms with van der Waals surface area (Å²) in [5.41, 5.74) is 5.47. The van der Waals surface area contributed by atoms with Gasteiger partial charge in [-0.3, -0.25) is 9.59 Å². The Morgan fingerprint density at radius 2 is 1.08 bits per heavy atom. The lowest BCUT2D eigenvalue weighted by molar-refractivity contribution is -0.150. The van der Waals surface area contributed by atoms with Crippen molar-refractivity contribution >= 4 is 17.8 Å². The molecule has 0 aliphatic rings. The Bertz CT molecular complexity index is 1030. The van der Waals surface area contributed by atoms with Gasteiger partial charge in [-0.15, -0.1) is 0 Å². The van der Waals surface area contributed by atoms with E-state index in [1.54, 1.807) is 0 Å². The third-order valence-electron chi connectivity index (χ3n) is 8.54. The molecule has 0 aromatic rings. The summed E-state index contributed by atoms with van der Waals surface area (Å²) in [5.74, 6) is -1.33. The summed E-state index contributed by atoms with van der Waals surface area (Å²) in [6, 6.07) is -0.870. The largest absolute Gasteiger partial charge is 0.480 e. The van der Waals surface area contributed by atoms with E-state index < -0.39 is 12.0 Å². The van der Waals surface area contributed by atoms with Crippen molar-refractivity contribution < 1.29 is 24.2 Å². The molecule has 0 aliphatic carbocycles. The van der Waals surface area contributed by atoms with Gasteiger partial charge >= 0.3 is 11.9 Å². The van der Waals surface area contributed by atoms with Crippen molar-refractivity contribution in [3.8, 4) is 0 Å². The molecule has 0 aromatic carbocycles. The van der Waals surface area contributed by atoms with Gasteiger partial charge in [0, 0.05) is 12.8 Å². The lowest BCUT2D eigenvalue weighted by Gasteiger charge is -2.18. The zero-order valence-electron chi connectivity index (χ0n) is 32.4. The summed E-state index contributed by atoms with van der Waals surface area (Å²) >= 11 is 0. The predicted octanol–water partition coefficient (Wildman–Crippen LogP) is 11.2. The molecule has 7 heteroatoms. The maximum absolute atomic E-state index is 12.6. The van der Waals surface area contributed by atoms with Gasteiger partial charge in [0.1, 0.15) is 12.1 Å². The van der Waals surface area contributed by atoms with Crippen LogP contribution >= 0.6 is 0 Å². The molecule has 1 amide bonds. The summed E-state index contributed by atoms with van der Waals surface area (Å²) in [6.07, 6.45) is 48.1. The van der Waals surface area contributed by atoms with E-state index in [1.807, 2.05) is 0 Å². The maximum Gasteiger partial charge on any atom is 0.326 e. The first-order valence-electron chi connectivity index (χ1n) is 20.3. The molecule has 4 N–H and O–H groups in total. The molecule has 0 saturated carbocycles. The minimum absolute atomic E-state index is 0.0374. The number of carboxylic acids is 1. The van der Waals surface area contributed by atoms with E-state index in [9.17, 15) is 19.5 Å². The Hall–Kier alpha value is -3.19. The fourth-order valence-corrected chi connectivity index (χ4v) is 5.51. The molecular formula is C44H74N2O5. The Kier molecular flexibility index (Phi) is 35.7. The molecule has 0 radical (unpaired) electrons. The molecule has 0 fully saturated rings. The van der Waals surface area contributed by atoms with Gasteiger partial charge in [0.25, 0.3) is 0 Å². The number of allylic oxidation sites excluding steroid dienone is 12. The molecule has 0 saturated heterocycles. The van der Waals surface area contributed by atoms with Crippen LogP contribution in [0.2, 0.25) is 0 Å². The summed E-state index contributed by atoms with van der Waals surface area (Å²) in [4.78, 5) is 36.2. The van der Waals surface area contributed by atoms with Crippen LogP contribution in [0.1, 0.15) is 168 Å². The lowest BCUT2D eigenvalue weighted by Crippen LogP contribution is -2.40. The van der Waals surface area contributed by atoms with Crippen molar-refractivity contribution in [3.05, 3.63) is 72.9 Å². The molecular weight excluding hydrogens is 636 g/mol. The monoisotopic (exact) mass is 711 g/mol. The highest BCUT2D eigenvalue weighted by molar-refractivity contribution is 5.83. The molecule has 0 aliphatic heterocycles. The number of amides is 1. The van der Waals surface area contributed by atoms with Crippen LogP contribution in [-0.2, 0) is 19.1 Å². The van der Waals surface area contributed by atoms with Gasteiger partial charge in [0.15, 0.2) is 0 Å². The second-order valence-corrected chi connectivity index (χ2v) is 13.3. The minimum Gasteiger partial charge on any atom is -0.480 e. The molecule has 290 valence electrons. The van der Waals surface area contributed by atoms with E-state index >= 15 is 0 Å². The van der Waals surface area contributed by atoms with Gasteiger partial charge in [-0.2, -0.15) is 0 Å². The summed E-state index contributed by atoms with van der Waals surface area (Å²) < 4.78 is 5.94. The van der Waals surface area contributed by atoms with Crippen molar-refractivity contribution in [1.29, 1.82) is 0 Å². The van der Waals surface area contributed by atoms with Gasteiger partial charge in [0.2, 0.25) is 5.91 Å². The number of unbranched alkanes of at least 4 members (excludes halogenated alkanes) is 9. The third kappa shape index (κ3) is 35.0. The van der Waals surface area contributed by atoms with Crippen LogP contribution in [-0.4, -0.2) is 41.6 Å². The smallest absolute Gasteiger partial charge is 0.326 e. The van der Waals surface area contributed by atoms with Crippen molar-refractivity contribution in [1.82, 2.24) is 5.32 Å². The molecule has 2 unspecified atom stereocenters. The Morgan fingerprint density at radius 1 is 0.588 bits per heavy atom. The number of hydrogen-bond donors (Lipinski definition) is 3. The number of aliphatic carboxylic acids is 1. The second-order valence-electron chi connectivity index (χ2n) is 13.3. The fraction of sp³-hybridized carbons (Fsp3) is 0.659. The first kappa shape index (κ1) is 47.8. The highest BCUT2D eigenvalue weighted by Crippen LogP contribution is 2.18. The van der Waals surface area contributed by atoms with Crippen LogP contribution in [0, 0.1) is 0 Å². The fourth-order valence-electron chi connectivity index (χ4n) is 5.51. The van der Waals surface area contributed by atoms with E-state index in [0.717, 1.165) is 96.3 Å². The van der Waals surface area contributed by atoms with Crippen LogP contribution in [0.15, 0.2) is 72.9 Å². The first-order valence-corrected chi connectivity index (χ1v) is 20.3. The molecule has 0 bridgehead atoms. The van der Waals surface area contributed by atoms with E-state index in [2.05, 4.69) is 92.1 Å². The summed E-state index contributed by atoms with van der Waals surface area (Å²) in [6.45, 7) is 4.77. The highest BCUT2D eigenvalue weighted by Gasteiger charge is 2.19. The van der Waals surface area contributed by atoms with Gasteiger partial charge in [-0.25, -0.2) is 4.79 Å². The Labute approximate surface area is 312 Å². The van der Waals surface area contributed by atoms with Gasteiger partial charge in [-0.05, 0) is 109 Å². The number of nitrogens with two attached hydrogens (primary N) is 1. The number of nitrogens with one attached hydrogen (secondary N) is 1. The van der Waals surface area contributed by atoms with Gasteiger partial charge in [-0.1, -0.05) is 125 Å². The van der Waals surface area contributed by atoms with Crippen LogP contribution in [0.5, 0.6) is 0 Å². The number of carbonyl (C=O) groups excluding carboxylic acids is 2. The Morgan fingerprint density at radius 3 is 1.59 bits per heavy atom. The molecule has 51 heavy (non-hydrogen) atoms. The lowest BCUT2D eigenvalue weighted by atomic mass is 10.0. The van der Waals surface area contributed by atoms with E-state index in [1.165, 1.54) is 25.7 Å². The normalized spacial score (nSPS) is 13.5. The minimum atomic E-state index is -1.02. The molecule has 0 heterocycles. The van der Waals surface area contributed by atoms with Crippen LogP contribution in [0.4, 0.5) is 0 Å². The number of esters is 1. The number of hydrogen-bond acceptors (Lipinski definition) is 5. The Balaban J connectivity index is 4.18. The van der Waals surface area contributed by atoms with Gasteiger partial charge in [0.05, 0.1) is 0 Å². The zero-order valence-corrected chi connectivity index (χ0v) is 32.4. The average molecular weight is 711 g/mol. The molecule has 7 nitrogen and oxygen atoms in total. The summed E-state index contributed by atoms with van der Waals surface area (Å²) in [7, 11) is 0. The number of rotatable bonds is 35. The molecule has 2 atom stereocenters. The SMILES string of the molecule is CC/C=C\C/C=C\C/C=C\C/C=C\C/C=C\C/C=C\CCCCC(=O)OC(CCCCCCC)CCCCCCC(=O)NC(CCCN)C(=O)O. The average Bonchev–Trinajstić information content (AvgIpc) is 3.11. The molecule has 0 aromatic heterocycles. The second kappa shape index (κ2) is 38.1. The quantitative estimate of drug-likeness (QED) is 0.0342. The van der Waals surface area contributed by atoms with Crippen LogP contribution in [0.25, 0.3) is 0 Å². The molecule has 0 spiro atoms. The topological polar surface area (TPSA) is 119 Å². The van der Waals surface area contributed by atoms with E-state index in [0.29, 0.717) is 38.6 Å². The number of carboxylic acid groups (broad SMARTS) is 1. The van der Waals surface area contributed by atoms with Crippen molar-refractivity contribution in [2.75, 3.05) is 6.54 Å². The maximum atomic E-state index is 12.6. The standard InChI is InChI=1S/C44H74N2O5/c1-3-5-7-9-10-11-12-13-14-15-16-17-18-19-20-21-22-23-24-26-32-38-43(48)51-40(34-29-25-8-6-4-2)35-30-27-28-31-37-42(47)46-41(44(49)50)36-33-39-45/h5,7,10-11,13-14,16-17,19-20,22-23,40-41H,3-4,6,8-9,12,15,18,21,24-39,45H2,1-2H3,(H,46,47)(H,49,50)/b7-5-,11-10-,14-13-,17-16-,20-19-,23-22-. The van der Waals surface area contributed by atoms with Crippen LogP contribution in [0.3, 0.4) is 0 Å². The van der Waals surface area contributed by atoms with Gasteiger partial charge < -0.3 is 20.9 Å². The predicted molar refractivity (Wildman–Crippen MR) is 215 cm³/mol. The van der Waals surface area contributed by atoms with Crippen LogP contribution < -0.4 is 11.1 Å². The summed E-state index contributed by atoms with van der Waals surface area (Å²) in [5, 5.41) is 11.9. The van der Waals surface area contributed by atoms with E-state index in [-0.39, 0.29) is 18.0 Å². The third-order valence-corrected chi connectivity index (χ3v) is 8.54. The first-order chi connectivity index (χ1) is 24.9. The number of carbonyl (C=O) groups is 3. The van der Waals surface area contributed by atoms with Crippen molar-refractivity contribution in [3.63, 3.8) is 0 Å². The zero-order chi connectivity index (χ0) is 37.5. The number of ether oxygens (including phenoxy) is 1. The molecule has 0 rings (SSSR count). The van der Waals surface area contributed by atoms with E-state index in [4.69, 9.17) is 10.5 Å².